The molecule has 122 valence electrons. The van der Waals surface area contributed by atoms with E-state index in [1.54, 1.807) is 17.3 Å². The molecule has 2 rings (SSSR count). The van der Waals surface area contributed by atoms with Gasteiger partial charge in [0.05, 0.1) is 12.2 Å². The van der Waals surface area contributed by atoms with Gasteiger partial charge in [-0.15, -0.1) is 0 Å². The first-order chi connectivity index (χ1) is 11.1. The summed E-state index contributed by atoms with van der Waals surface area (Å²) in [4.78, 5) is 18.5. The molecule has 0 radical (unpaired) electrons. The Morgan fingerprint density at radius 1 is 1.04 bits per heavy atom. The van der Waals surface area contributed by atoms with Crippen LogP contribution in [-0.2, 0) is 0 Å². The van der Waals surface area contributed by atoms with Crippen LogP contribution < -0.4 is 4.74 Å². The number of hydrogen-bond acceptors (Lipinski definition) is 3. The summed E-state index contributed by atoms with van der Waals surface area (Å²) in [5, 5.41) is 0. The minimum atomic E-state index is 0.0158. The molecular formula is C19H24N2O2. The molecule has 0 aliphatic heterocycles. The lowest BCUT2D eigenvalue weighted by atomic mass is 10.0. The SMILES string of the molecule is CCOc1cc(C)cc(-c2cncc(C(=O)N(CC)CC)c2)c1. The Kier molecular flexibility index (Phi) is 5.74. The van der Waals surface area contributed by atoms with E-state index in [4.69, 9.17) is 4.74 Å². The molecule has 1 aromatic carbocycles. The molecular weight excluding hydrogens is 288 g/mol. The van der Waals surface area contributed by atoms with E-state index in [0.29, 0.717) is 25.3 Å². The van der Waals surface area contributed by atoms with E-state index in [9.17, 15) is 4.79 Å². The van der Waals surface area contributed by atoms with Crippen molar-refractivity contribution in [3.63, 3.8) is 0 Å². The van der Waals surface area contributed by atoms with Crippen molar-refractivity contribution in [1.29, 1.82) is 0 Å². The van der Waals surface area contributed by atoms with E-state index < -0.39 is 0 Å². The molecule has 4 nitrogen and oxygen atoms in total. The minimum Gasteiger partial charge on any atom is -0.494 e. The molecule has 0 saturated carbocycles. The fraction of sp³-hybridized carbons (Fsp3) is 0.368. The number of pyridine rings is 1. The maximum atomic E-state index is 12.5. The largest absolute Gasteiger partial charge is 0.494 e. The van der Waals surface area contributed by atoms with Gasteiger partial charge in [0.15, 0.2) is 0 Å². The molecule has 0 unspecified atom stereocenters. The fourth-order valence-corrected chi connectivity index (χ4v) is 2.57. The average Bonchev–Trinajstić information content (AvgIpc) is 2.56. The molecule has 0 aliphatic carbocycles. The van der Waals surface area contributed by atoms with Crippen molar-refractivity contribution in [2.24, 2.45) is 0 Å². The van der Waals surface area contributed by atoms with Crippen LogP contribution in [0.3, 0.4) is 0 Å². The maximum Gasteiger partial charge on any atom is 0.255 e. The Balaban J connectivity index is 2.38. The Hall–Kier alpha value is -2.36. The predicted molar refractivity (Wildman–Crippen MR) is 92.8 cm³/mol. The van der Waals surface area contributed by atoms with Gasteiger partial charge < -0.3 is 9.64 Å². The van der Waals surface area contributed by atoms with E-state index in [0.717, 1.165) is 22.4 Å². The second-order valence-corrected chi connectivity index (χ2v) is 5.41. The van der Waals surface area contributed by atoms with E-state index in [1.165, 1.54) is 0 Å². The van der Waals surface area contributed by atoms with Crippen LogP contribution in [0.5, 0.6) is 5.75 Å². The highest BCUT2D eigenvalue weighted by atomic mass is 16.5. The Morgan fingerprint density at radius 2 is 1.78 bits per heavy atom. The zero-order valence-electron chi connectivity index (χ0n) is 14.3. The Labute approximate surface area is 138 Å². The van der Waals surface area contributed by atoms with Gasteiger partial charge in [0, 0.05) is 31.0 Å². The number of ether oxygens (including phenoxy) is 1. The third-order valence-corrected chi connectivity index (χ3v) is 3.73. The minimum absolute atomic E-state index is 0.0158. The molecule has 1 aromatic heterocycles. The van der Waals surface area contributed by atoms with Crippen LogP contribution in [0.25, 0.3) is 11.1 Å². The third kappa shape index (κ3) is 4.09. The number of carbonyl (C=O) groups excluding carboxylic acids is 1. The van der Waals surface area contributed by atoms with Crippen LogP contribution in [0.4, 0.5) is 0 Å². The molecule has 4 heteroatoms. The molecule has 0 atom stereocenters. The normalized spacial score (nSPS) is 10.4. The molecule has 0 fully saturated rings. The van der Waals surface area contributed by atoms with Crippen LogP contribution in [0.1, 0.15) is 36.7 Å². The quantitative estimate of drug-likeness (QED) is 0.811. The highest BCUT2D eigenvalue weighted by Gasteiger charge is 2.14. The van der Waals surface area contributed by atoms with Gasteiger partial charge in [-0.05, 0) is 57.0 Å². The molecule has 0 spiro atoms. The van der Waals surface area contributed by atoms with Crippen LogP contribution >= 0.6 is 0 Å². The van der Waals surface area contributed by atoms with Crippen molar-refractivity contribution >= 4 is 5.91 Å². The standard InChI is InChI=1S/C19H24N2O2/c1-5-21(6-2)19(22)17-10-16(12-20-13-17)15-8-14(4)9-18(11-15)23-7-3/h8-13H,5-7H2,1-4H3. The van der Waals surface area contributed by atoms with Gasteiger partial charge in [0.1, 0.15) is 5.75 Å². The number of benzene rings is 1. The van der Waals surface area contributed by atoms with E-state index >= 15 is 0 Å². The lowest BCUT2D eigenvalue weighted by Gasteiger charge is -2.18. The Bertz CT molecular complexity index is 679. The first-order valence-electron chi connectivity index (χ1n) is 8.08. The second-order valence-electron chi connectivity index (χ2n) is 5.41. The Morgan fingerprint density at radius 3 is 2.43 bits per heavy atom. The molecule has 1 heterocycles. The zero-order chi connectivity index (χ0) is 16.8. The zero-order valence-corrected chi connectivity index (χ0v) is 14.3. The summed E-state index contributed by atoms with van der Waals surface area (Å²) in [6.07, 6.45) is 3.41. The van der Waals surface area contributed by atoms with Crippen molar-refractivity contribution in [2.45, 2.75) is 27.7 Å². The predicted octanol–water partition coefficient (Wildman–Crippen LogP) is 3.94. The lowest BCUT2D eigenvalue weighted by Crippen LogP contribution is -2.30. The monoisotopic (exact) mass is 312 g/mol. The number of nitrogens with zero attached hydrogens (tertiary/aromatic N) is 2. The van der Waals surface area contributed by atoms with Crippen LogP contribution in [0.15, 0.2) is 36.7 Å². The molecule has 1 amide bonds. The van der Waals surface area contributed by atoms with Gasteiger partial charge in [0.25, 0.3) is 5.91 Å². The van der Waals surface area contributed by atoms with Gasteiger partial charge in [-0.1, -0.05) is 6.07 Å². The first kappa shape index (κ1) is 17.0. The molecule has 0 saturated heterocycles. The summed E-state index contributed by atoms with van der Waals surface area (Å²) in [5.74, 6) is 0.852. The number of carbonyl (C=O) groups is 1. The number of hydrogen-bond donors (Lipinski definition) is 0. The van der Waals surface area contributed by atoms with Gasteiger partial charge in [0.2, 0.25) is 0 Å². The van der Waals surface area contributed by atoms with Crippen molar-refractivity contribution in [2.75, 3.05) is 19.7 Å². The van der Waals surface area contributed by atoms with E-state index in [-0.39, 0.29) is 5.91 Å². The highest BCUT2D eigenvalue weighted by Crippen LogP contribution is 2.26. The van der Waals surface area contributed by atoms with Gasteiger partial charge >= 0.3 is 0 Å². The lowest BCUT2D eigenvalue weighted by molar-refractivity contribution is 0.0772. The van der Waals surface area contributed by atoms with E-state index in [1.807, 2.05) is 45.9 Å². The number of amides is 1. The van der Waals surface area contributed by atoms with Crippen molar-refractivity contribution in [3.05, 3.63) is 47.8 Å². The van der Waals surface area contributed by atoms with Crippen molar-refractivity contribution < 1.29 is 9.53 Å². The number of aryl methyl sites for hydroxylation is 1. The highest BCUT2D eigenvalue weighted by molar-refractivity contribution is 5.95. The summed E-state index contributed by atoms with van der Waals surface area (Å²) < 4.78 is 5.60. The van der Waals surface area contributed by atoms with Crippen LogP contribution in [0, 0.1) is 6.92 Å². The number of rotatable bonds is 6. The van der Waals surface area contributed by atoms with Crippen LogP contribution in [-0.4, -0.2) is 35.5 Å². The third-order valence-electron chi connectivity index (χ3n) is 3.73. The van der Waals surface area contributed by atoms with Gasteiger partial charge in [-0.25, -0.2) is 0 Å². The molecule has 0 aliphatic rings. The van der Waals surface area contributed by atoms with Crippen molar-refractivity contribution in [1.82, 2.24) is 9.88 Å². The van der Waals surface area contributed by atoms with E-state index in [2.05, 4.69) is 11.1 Å². The molecule has 2 aromatic rings. The summed E-state index contributed by atoms with van der Waals surface area (Å²) >= 11 is 0. The van der Waals surface area contributed by atoms with Crippen molar-refractivity contribution in [3.8, 4) is 16.9 Å². The topological polar surface area (TPSA) is 42.4 Å². The fourth-order valence-electron chi connectivity index (χ4n) is 2.57. The summed E-state index contributed by atoms with van der Waals surface area (Å²) in [6, 6.07) is 7.97. The first-order valence-corrected chi connectivity index (χ1v) is 8.08. The summed E-state index contributed by atoms with van der Waals surface area (Å²) in [6.45, 7) is 9.97. The molecule has 23 heavy (non-hydrogen) atoms. The second kappa shape index (κ2) is 7.77. The molecule has 0 N–H and O–H groups in total. The summed E-state index contributed by atoms with van der Waals surface area (Å²) in [5.41, 5.74) is 3.67. The smallest absolute Gasteiger partial charge is 0.255 e. The van der Waals surface area contributed by atoms with Gasteiger partial charge in [-0.2, -0.15) is 0 Å². The maximum absolute atomic E-state index is 12.5. The molecule has 0 bridgehead atoms. The summed E-state index contributed by atoms with van der Waals surface area (Å²) in [7, 11) is 0. The number of aromatic nitrogens is 1. The van der Waals surface area contributed by atoms with Crippen LogP contribution in [0.2, 0.25) is 0 Å². The average molecular weight is 312 g/mol. The van der Waals surface area contributed by atoms with Gasteiger partial charge in [-0.3, -0.25) is 9.78 Å².